The zero-order valence-electron chi connectivity index (χ0n) is 12.5. The van der Waals surface area contributed by atoms with Gasteiger partial charge in [0, 0.05) is 24.2 Å². The van der Waals surface area contributed by atoms with E-state index >= 15 is 0 Å². The fourth-order valence-corrected chi connectivity index (χ4v) is 2.26. The normalized spacial score (nSPS) is 10.7. The maximum atomic E-state index is 12.1. The number of Topliss-reactive ketones (excluding diaryl/α,β-unsaturated/α-hetero) is 1. The van der Waals surface area contributed by atoms with Gasteiger partial charge in [-0.05, 0) is 35.7 Å². The van der Waals surface area contributed by atoms with E-state index in [4.69, 9.17) is 0 Å². The summed E-state index contributed by atoms with van der Waals surface area (Å²) in [4.78, 5) is 12.1. The second-order valence-corrected chi connectivity index (χ2v) is 5.38. The molecule has 2 nitrogen and oxygen atoms in total. The van der Waals surface area contributed by atoms with Crippen LogP contribution in [-0.2, 0) is 0 Å². The third-order valence-electron chi connectivity index (χ3n) is 3.52. The maximum absolute atomic E-state index is 12.1. The lowest BCUT2D eigenvalue weighted by molar-refractivity contribution is 0.0939. The van der Waals surface area contributed by atoms with Gasteiger partial charge in [-0.2, -0.15) is 0 Å². The van der Waals surface area contributed by atoms with Gasteiger partial charge in [0.05, 0.1) is 0 Å². The van der Waals surface area contributed by atoms with Crippen LogP contribution in [0, 0.1) is 12.8 Å². The fourth-order valence-electron chi connectivity index (χ4n) is 2.26. The highest BCUT2D eigenvalue weighted by Crippen LogP contribution is 2.25. The predicted molar refractivity (Wildman–Crippen MR) is 85.3 cm³/mol. The third kappa shape index (κ3) is 2.90. The summed E-state index contributed by atoms with van der Waals surface area (Å²) in [5, 5.41) is 3.11. The summed E-state index contributed by atoms with van der Waals surface area (Å²) in [5.41, 5.74) is 5.27. The number of benzene rings is 2. The average Bonchev–Trinajstić information content (AvgIpc) is 2.46. The number of aryl methyl sites for hydroxylation is 1. The van der Waals surface area contributed by atoms with Gasteiger partial charge in [0.2, 0.25) is 0 Å². The summed E-state index contributed by atoms with van der Waals surface area (Å²) in [7, 11) is 1.91. The molecule has 0 spiro atoms. The van der Waals surface area contributed by atoms with E-state index in [0.29, 0.717) is 0 Å². The Morgan fingerprint density at radius 2 is 1.60 bits per heavy atom. The minimum atomic E-state index is 0.0365. The van der Waals surface area contributed by atoms with Gasteiger partial charge in [0.15, 0.2) is 5.78 Å². The number of nitrogens with one attached hydrogen (secondary N) is 1. The number of ketones is 1. The molecule has 20 heavy (non-hydrogen) atoms. The molecule has 2 aromatic carbocycles. The number of carbonyl (C=O) groups is 1. The molecule has 0 amide bonds. The summed E-state index contributed by atoms with van der Waals surface area (Å²) in [6.07, 6.45) is 0. The van der Waals surface area contributed by atoms with Crippen LogP contribution in [0.3, 0.4) is 0 Å². The molecule has 0 radical (unpaired) electrons. The largest absolute Gasteiger partial charge is 0.388 e. The van der Waals surface area contributed by atoms with Gasteiger partial charge in [-0.1, -0.05) is 44.2 Å². The van der Waals surface area contributed by atoms with Gasteiger partial charge in [-0.15, -0.1) is 0 Å². The lowest BCUT2D eigenvalue weighted by atomic mass is 9.94. The Hall–Kier alpha value is -2.09. The second-order valence-electron chi connectivity index (χ2n) is 5.38. The quantitative estimate of drug-likeness (QED) is 0.824. The molecule has 104 valence electrons. The second kappa shape index (κ2) is 5.91. The van der Waals surface area contributed by atoms with Crippen LogP contribution in [0.25, 0.3) is 11.1 Å². The molecular weight excluding hydrogens is 246 g/mol. The highest BCUT2D eigenvalue weighted by molar-refractivity contribution is 5.99. The topological polar surface area (TPSA) is 29.1 Å². The Kier molecular flexibility index (Phi) is 4.23. The van der Waals surface area contributed by atoms with Crippen LogP contribution in [0.4, 0.5) is 5.69 Å². The number of hydrogen-bond acceptors (Lipinski definition) is 2. The fraction of sp³-hybridized carbons (Fsp3) is 0.278. The first-order valence-corrected chi connectivity index (χ1v) is 6.96. The van der Waals surface area contributed by atoms with Crippen molar-refractivity contribution in [2.24, 2.45) is 5.92 Å². The molecule has 0 saturated carbocycles. The molecule has 2 aromatic rings. The Morgan fingerprint density at radius 1 is 1.00 bits per heavy atom. The molecule has 0 bridgehead atoms. The van der Waals surface area contributed by atoms with Gasteiger partial charge in [0.1, 0.15) is 0 Å². The van der Waals surface area contributed by atoms with Crippen molar-refractivity contribution in [1.29, 1.82) is 0 Å². The monoisotopic (exact) mass is 267 g/mol. The van der Waals surface area contributed by atoms with E-state index in [1.807, 2.05) is 40.0 Å². The number of carbonyl (C=O) groups excluding carboxylic acids is 1. The molecule has 0 aromatic heterocycles. The summed E-state index contributed by atoms with van der Waals surface area (Å²) >= 11 is 0. The van der Waals surface area contributed by atoms with Crippen LogP contribution in [0.5, 0.6) is 0 Å². The van der Waals surface area contributed by atoms with Crippen LogP contribution in [-0.4, -0.2) is 12.8 Å². The molecule has 0 heterocycles. The third-order valence-corrected chi connectivity index (χ3v) is 3.52. The molecule has 0 aliphatic heterocycles. The van der Waals surface area contributed by atoms with Crippen LogP contribution < -0.4 is 5.32 Å². The van der Waals surface area contributed by atoms with E-state index in [9.17, 15) is 4.79 Å². The summed E-state index contributed by atoms with van der Waals surface area (Å²) in [5.74, 6) is 0.244. The molecule has 0 unspecified atom stereocenters. The predicted octanol–water partition coefficient (Wildman–Crippen LogP) is 4.54. The van der Waals surface area contributed by atoms with Crippen molar-refractivity contribution < 1.29 is 4.79 Å². The minimum absolute atomic E-state index is 0.0365. The summed E-state index contributed by atoms with van der Waals surface area (Å²) in [6.45, 7) is 5.87. The van der Waals surface area contributed by atoms with Crippen LogP contribution in [0.15, 0.2) is 42.5 Å². The van der Waals surface area contributed by atoms with Crippen molar-refractivity contribution in [2.45, 2.75) is 20.8 Å². The smallest absolute Gasteiger partial charge is 0.165 e. The van der Waals surface area contributed by atoms with Crippen molar-refractivity contribution in [3.05, 3.63) is 53.6 Å². The number of rotatable bonds is 4. The summed E-state index contributed by atoms with van der Waals surface area (Å²) < 4.78 is 0. The lowest BCUT2D eigenvalue weighted by Crippen LogP contribution is -2.09. The first-order valence-electron chi connectivity index (χ1n) is 6.96. The molecule has 0 aliphatic rings. The minimum Gasteiger partial charge on any atom is -0.388 e. The molecule has 0 aliphatic carbocycles. The van der Waals surface area contributed by atoms with Gasteiger partial charge in [0.25, 0.3) is 0 Å². The van der Waals surface area contributed by atoms with E-state index in [-0.39, 0.29) is 11.7 Å². The van der Waals surface area contributed by atoms with Crippen molar-refractivity contribution in [1.82, 2.24) is 0 Å². The van der Waals surface area contributed by atoms with Crippen LogP contribution >= 0.6 is 0 Å². The molecule has 0 atom stereocenters. The number of hydrogen-bond donors (Lipinski definition) is 1. The molecular formula is C18H21NO. The zero-order valence-corrected chi connectivity index (χ0v) is 12.5. The van der Waals surface area contributed by atoms with Gasteiger partial charge >= 0.3 is 0 Å². The molecule has 0 saturated heterocycles. The van der Waals surface area contributed by atoms with Gasteiger partial charge < -0.3 is 5.32 Å². The SMILES string of the molecule is CNc1ccc(-c2ccc(C(=O)C(C)C)c(C)c2)cc1. The molecule has 0 fully saturated rings. The first-order chi connectivity index (χ1) is 9.52. The van der Waals surface area contributed by atoms with Crippen molar-refractivity contribution in [3.8, 4) is 11.1 Å². The Bertz CT molecular complexity index is 612. The van der Waals surface area contributed by atoms with Gasteiger partial charge in [-0.3, -0.25) is 4.79 Å². The maximum Gasteiger partial charge on any atom is 0.165 e. The number of anilines is 1. The van der Waals surface area contributed by atoms with Crippen molar-refractivity contribution in [2.75, 3.05) is 12.4 Å². The zero-order chi connectivity index (χ0) is 14.7. The van der Waals surface area contributed by atoms with Crippen LogP contribution in [0.2, 0.25) is 0 Å². The summed E-state index contributed by atoms with van der Waals surface area (Å²) in [6, 6.07) is 14.3. The van der Waals surface area contributed by atoms with Crippen molar-refractivity contribution in [3.63, 3.8) is 0 Å². The Labute approximate surface area is 120 Å². The molecule has 2 rings (SSSR count). The Morgan fingerprint density at radius 3 is 2.10 bits per heavy atom. The van der Waals surface area contributed by atoms with Gasteiger partial charge in [-0.25, -0.2) is 0 Å². The van der Waals surface area contributed by atoms with E-state index < -0.39 is 0 Å². The van der Waals surface area contributed by atoms with E-state index in [2.05, 4.69) is 35.6 Å². The molecule has 2 heteroatoms. The van der Waals surface area contributed by atoms with Crippen molar-refractivity contribution >= 4 is 11.5 Å². The van der Waals surface area contributed by atoms with E-state index in [1.54, 1.807) is 0 Å². The average molecular weight is 267 g/mol. The Balaban J connectivity index is 2.35. The van der Waals surface area contributed by atoms with Crippen LogP contribution in [0.1, 0.15) is 29.8 Å². The highest BCUT2D eigenvalue weighted by Gasteiger charge is 2.13. The first kappa shape index (κ1) is 14.3. The van der Waals surface area contributed by atoms with E-state index in [0.717, 1.165) is 27.9 Å². The lowest BCUT2D eigenvalue weighted by Gasteiger charge is -2.10. The highest BCUT2D eigenvalue weighted by atomic mass is 16.1. The molecule has 1 N–H and O–H groups in total. The van der Waals surface area contributed by atoms with E-state index in [1.165, 1.54) is 0 Å². The standard InChI is InChI=1S/C18H21NO/c1-12(2)18(20)17-10-7-15(11-13(17)3)14-5-8-16(19-4)9-6-14/h5-12,19H,1-4H3.